The molecule has 0 radical (unpaired) electrons. The van der Waals surface area contributed by atoms with Gasteiger partial charge >= 0.3 is 0 Å². The quantitative estimate of drug-likeness (QED) is 0.0363. The van der Waals surface area contributed by atoms with E-state index in [1.165, 1.54) is 212 Å². The summed E-state index contributed by atoms with van der Waals surface area (Å²) in [6.45, 7) is 4.22. The SMILES string of the molecule is CCCCCCCCCCCC/C=C/CC/C=C/CC/C=C/C(O)C(CO)NC(=O)CC(O)CCCCCCCCCCCCCCCCCCCCCCCCCC. The Labute approximate surface area is 368 Å². The number of nitrogens with one attached hydrogen (secondary N) is 1. The lowest BCUT2D eigenvalue weighted by Crippen LogP contribution is -2.45. The Hall–Kier alpha value is -1.43. The number of unbranched alkanes of at least 4 members (excludes halogenated alkanes) is 35. The van der Waals surface area contributed by atoms with Gasteiger partial charge in [-0.25, -0.2) is 0 Å². The van der Waals surface area contributed by atoms with Gasteiger partial charge in [-0.15, -0.1) is 0 Å². The van der Waals surface area contributed by atoms with Crippen molar-refractivity contribution in [3.63, 3.8) is 0 Å². The van der Waals surface area contributed by atoms with E-state index in [-0.39, 0.29) is 18.9 Å². The molecule has 0 aromatic rings. The molecule has 0 aliphatic heterocycles. The highest BCUT2D eigenvalue weighted by molar-refractivity contribution is 5.76. The first kappa shape index (κ1) is 57.6. The van der Waals surface area contributed by atoms with Crippen molar-refractivity contribution in [3.8, 4) is 0 Å². The van der Waals surface area contributed by atoms with Gasteiger partial charge in [-0.2, -0.15) is 0 Å². The average Bonchev–Trinajstić information content (AvgIpc) is 3.23. The Balaban J connectivity index is 3.63. The van der Waals surface area contributed by atoms with E-state index in [0.29, 0.717) is 6.42 Å². The van der Waals surface area contributed by atoms with Crippen LogP contribution in [0.5, 0.6) is 0 Å². The fourth-order valence-electron chi connectivity index (χ4n) is 8.14. The number of rotatable bonds is 48. The molecule has 4 N–H and O–H groups in total. The smallest absolute Gasteiger partial charge is 0.222 e. The molecule has 0 aromatic heterocycles. The van der Waals surface area contributed by atoms with Crippen LogP contribution in [0.1, 0.15) is 277 Å². The summed E-state index contributed by atoms with van der Waals surface area (Å²) in [4.78, 5) is 12.5. The molecule has 0 saturated carbocycles. The fourth-order valence-corrected chi connectivity index (χ4v) is 8.14. The highest BCUT2D eigenvalue weighted by Crippen LogP contribution is 2.17. The summed E-state index contributed by atoms with van der Waals surface area (Å²) in [5.74, 6) is -0.325. The zero-order valence-corrected chi connectivity index (χ0v) is 39.6. The normalized spacial score (nSPS) is 13.6. The molecule has 348 valence electrons. The molecule has 0 spiro atoms. The number of hydrogen-bond acceptors (Lipinski definition) is 4. The van der Waals surface area contributed by atoms with Gasteiger partial charge in [0.05, 0.1) is 31.3 Å². The van der Waals surface area contributed by atoms with Crippen LogP contribution < -0.4 is 5.32 Å². The Morgan fingerprint density at radius 1 is 0.424 bits per heavy atom. The molecule has 0 fully saturated rings. The third-order valence-electron chi connectivity index (χ3n) is 12.2. The van der Waals surface area contributed by atoms with Gasteiger partial charge in [0.1, 0.15) is 0 Å². The Bertz CT molecular complexity index is 916. The monoisotopic (exact) mass is 830 g/mol. The van der Waals surface area contributed by atoms with E-state index in [9.17, 15) is 20.1 Å². The van der Waals surface area contributed by atoms with E-state index in [0.717, 1.165) is 38.5 Å². The zero-order valence-electron chi connectivity index (χ0n) is 39.6. The van der Waals surface area contributed by atoms with Crippen LogP contribution in [-0.4, -0.2) is 46.1 Å². The number of allylic oxidation sites excluding steroid dienone is 5. The molecule has 5 nitrogen and oxygen atoms in total. The highest BCUT2D eigenvalue weighted by atomic mass is 16.3. The maximum Gasteiger partial charge on any atom is 0.222 e. The van der Waals surface area contributed by atoms with E-state index in [1.54, 1.807) is 6.08 Å². The minimum atomic E-state index is -0.959. The van der Waals surface area contributed by atoms with Crippen LogP contribution in [0, 0.1) is 0 Å². The Morgan fingerprint density at radius 2 is 0.729 bits per heavy atom. The fraction of sp³-hybridized carbons (Fsp3) is 0.870. The second kappa shape index (κ2) is 49.2. The zero-order chi connectivity index (χ0) is 43.0. The third kappa shape index (κ3) is 45.9. The van der Waals surface area contributed by atoms with Gasteiger partial charge in [-0.3, -0.25) is 4.79 Å². The van der Waals surface area contributed by atoms with Crippen molar-refractivity contribution < 1.29 is 20.1 Å². The Kier molecular flexibility index (Phi) is 48.0. The van der Waals surface area contributed by atoms with Crippen LogP contribution in [0.4, 0.5) is 0 Å². The Morgan fingerprint density at radius 3 is 1.08 bits per heavy atom. The summed E-state index contributed by atoms with van der Waals surface area (Å²) >= 11 is 0. The van der Waals surface area contributed by atoms with Crippen LogP contribution in [-0.2, 0) is 4.79 Å². The van der Waals surface area contributed by atoms with Crippen molar-refractivity contribution >= 4 is 5.91 Å². The van der Waals surface area contributed by atoms with Gasteiger partial charge in [0.2, 0.25) is 5.91 Å². The minimum absolute atomic E-state index is 0.00554. The largest absolute Gasteiger partial charge is 0.394 e. The topological polar surface area (TPSA) is 89.8 Å². The molecule has 3 unspecified atom stereocenters. The van der Waals surface area contributed by atoms with E-state index >= 15 is 0 Å². The van der Waals surface area contributed by atoms with Gasteiger partial charge in [-0.1, -0.05) is 262 Å². The minimum Gasteiger partial charge on any atom is -0.394 e. The highest BCUT2D eigenvalue weighted by Gasteiger charge is 2.20. The number of carbonyl (C=O) groups excluding carboxylic acids is 1. The maximum absolute atomic E-state index is 12.5. The van der Waals surface area contributed by atoms with Crippen molar-refractivity contribution in [2.75, 3.05) is 6.61 Å². The molecule has 0 bridgehead atoms. The van der Waals surface area contributed by atoms with Gasteiger partial charge < -0.3 is 20.6 Å². The molecule has 0 rings (SSSR count). The molecule has 59 heavy (non-hydrogen) atoms. The van der Waals surface area contributed by atoms with Crippen LogP contribution in [0.15, 0.2) is 36.5 Å². The lowest BCUT2D eigenvalue weighted by molar-refractivity contribution is -0.124. The second-order valence-electron chi connectivity index (χ2n) is 18.1. The van der Waals surface area contributed by atoms with Crippen molar-refractivity contribution in [1.29, 1.82) is 0 Å². The van der Waals surface area contributed by atoms with Crippen molar-refractivity contribution in [1.82, 2.24) is 5.32 Å². The molecule has 0 aliphatic carbocycles. The molecule has 0 aliphatic rings. The molecule has 5 heteroatoms. The van der Waals surface area contributed by atoms with Gasteiger partial charge in [0.15, 0.2) is 0 Å². The second-order valence-corrected chi connectivity index (χ2v) is 18.1. The number of hydrogen-bond donors (Lipinski definition) is 4. The van der Waals surface area contributed by atoms with Gasteiger partial charge in [0, 0.05) is 0 Å². The maximum atomic E-state index is 12.5. The first-order valence-corrected chi connectivity index (χ1v) is 26.3. The summed E-state index contributed by atoms with van der Waals surface area (Å²) in [6.07, 6.45) is 63.2. The number of aliphatic hydroxyl groups excluding tert-OH is 3. The first-order chi connectivity index (χ1) is 29.0. The van der Waals surface area contributed by atoms with E-state index in [4.69, 9.17) is 0 Å². The number of amides is 1. The molecule has 3 atom stereocenters. The predicted molar refractivity (Wildman–Crippen MR) is 259 cm³/mol. The number of aliphatic hydroxyl groups is 3. The summed E-state index contributed by atoms with van der Waals surface area (Å²) in [5, 5.41) is 33.4. The van der Waals surface area contributed by atoms with Crippen molar-refractivity contribution in [2.24, 2.45) is 0 Å². The number of carbonyl (C=O) groups is 1. The standard InChI is InChI=1S/C54H103NO4/c1-3-5-7-9-11-13-15-17-19-21-23-25-26-27-28-29-31-33-35-37-39-41-43-45-47-51(57)49-54(59)55-52(50-56)53(58)48-46-44-42-40-38-36-34-32-30-24-22-20-18-16-14-12-10-8-6-4-2/h30,32,38,40,46,48,51-53,56-58H,3-29,31,33-37,39,41-45,47,49-50H2,1-2H3,(H,55,59)/b32-30+,40-38+,48-46+. The van der Waals surface area contributed by atoms with Crippen molar-refractivity contribution in [3.05, 3.63) is 36.5 Å². The lowest BCUT2D eigenvalue weighted by atomic mass is 10.0. The van der Waals surface area contributed by atoms with Crippen LogP contribution in [0.25, 0.3) is 0 Å². The predicted octanol–water partition coefficient (Wildman–Crippen LogP) is 15.9. The summed E-state index contributed by atoms with van der Waals surface area (Å²) in [6, 6.07) is -0.766. The lowest BCUT2D eigenvalue weighted by Gasteiger charge is -2.21. The molecular weight excluding hydrogens is 727 g/mol. The van der Waals surface area contributed by atoms with Gasteiger partial charge in [-0.05, 0) is 44.9 Å². The first-order valence-electron chi connectivity index (χ1n) is 26.3. The molecule has 0 aromatic carbocycles. The van der Waals surface area contributed by atoms with Crippen LogP contribution in [0.2, 0.25) is 0 Å². The van der Waals surface area contributed by atoms with Crippen molar-refractivity contribution in [2.45, 2.75) is 295 Å². The molecule has 1 amide bonds. The van der Waals surface area contributed by atoms with E-state index in [2.05, 4.69) is 43.5 Å². The summed E-state index contributed by atoms with van der Waals surface area (Å²) in [7, 11) is 0. The van der Waals surface area contributed by atoms with Crippen LogP contribution >= 0.6 is 0 Å². The molecule has 0 saturated heterocycles. The van der Waals surface area contributed by atoms with Crippen LogP contribution in [0.3, 0.4) is 0 Å². The van der Waals surface area contributed by atoms with E-state index in [1.807, 2.05) is 6.08 Å². The average molecular weight is 830 g/mol. The summed E-state index contributed by atoms with van der Waals surface area (Å²) in [5.41, 5.74) is 0. The molecular formula is C54H103NO4. The van der Waals surface area contributed by atoms with E-state index < -0.39 is 18.2 Å². The summed E-state index contributed by atoms with van der Waals surface area (Å²) < 4.78 is 0. The third-order valence-corrected chi connectivity index (χ3v) is 12.2. The molecule has 0 heterocycles. The van der Waals surface area contributed by atoms with Gasteiger partial charge in [0.25, 0.3) is 0 Å².